The molecule has 0 aliphatic carbocycles. The molecule has 3 heteroatoms. The molecule has 0 aromatic carbocycles. The SMILES string of the molecule is CC1(C)CC(CCl)OC1=O. The lowest BCUT2D eigenvalue weighted by molar-refractivity contribution is -0.146. The van der Waals surface area contributed by atoms with Crippen LogP contribution in [0.25, 0.3) is 0 Å². The fourth-order valence-corrected chi connectivity index (χ4v) is 1.26. The van der Waals surface area contributed by atoms with E-state index in [1.807, 2.05) is 13.8 Å². The Kier molecular flexibility index (Phi) is 1.90. The van der Waals surface area contributed by atoms with E-state index in [4.69, 9.17) is 16.3 Å². The van der Waals surface area contributed by atoms with Gasteiger partial charge in [0.15, 0.2) is 0 Å². The van der Waals surface area contributed by atoms with Gasteiger partial charge in [-0.2, -0.15) is 0 Å². The van der Waals surface area contributed by atoms with E-state index in [-0.39, 0.29) is 17.5 Å². The number of hydrogen-bond acceptors (Lipinski definition) is 2. The first-order valence-electron chi connectivity index (χ1n) is 3.33. The number of carbonyl (C=O) groups is 1. The van der Waals surface area contributed by atoms with Gasteiger partial charge in [0.25, 0.3) is 0 Å². The number of esters is 1. The Bertz CT molecular complexity index is 154. The van der Waals surface area contributed by atoms with Crippen molar-refractivity contribution in [3.05, 3.63) is 0 Å². The van der Waals surface area contributed by atoms with Crippen molar-refractivity contribution >= 4 is 17.6 Å². The van der Waals surface area contributed by atoms with Crippen molar-refractivity contribution in [2.75, 3.05) is 5.88 Å². The summed E-state index contributed by atoms with van der Waals surface area (Å²) in [6.45, 7) is 3.75. The van der Waals surface area contributed by atoms with Gasteiger partial charge < -0.3 is 4.74 Å². The van der Waals surface area contributed by atoms with E-state index in [1.54, 1.807) is 0 Å². The molecular weight excluding hydrogens is 152 g/mol. The van der Waals surface area contributed by atoms with Crippen molar-refractivity contribution in [3.63, 3.8) is 0 Å². The predicted octanol–water partition coefficient (Wildman–Crippen LogP) is 1.57. The normalized spacial score (nSPS) is 30.3. The highest BCUT2D eigenvalue weighted by molar-refractivity contribution is 6.18. The molecule has 0 N–H and O–H groups in total. The third-order valence-electron chi connectivity index (χ3n) is 1.74. The summed E-state index contributed by atoms with van der Waals surface area (Å²) in [6, 6.07) is 0. The van der Waals surface area contributed by atoms with Gasteiger partial charge in [-0.15, -0.1) is 11.6 Å². The van der Waals surface area contributed by atoms with Gasteiger partial charge in [-0.3, -0.25) is 4.79 Å². The molecule has 0 amide bonds. The minimum atomic E-state index is -0.320. The molecule has 1 rings (SSSR count). The molecule has 1 unspecified atom stereocenters. The maximum Gasteiger partial charge on any atom is 0.311 e. The van der Waals surface area contributed by atoms with Gasteiger partial charge in [0.2, 0.25) is 0 Å². The predicted molar refractivity (Wildman–Crippen MR) is 39.0 cm³/mol. The van der Waals surface area contributed by atoms with Crippen LogP contribution < -0.4 is 0 Å². The maximum atomic E-state index is 11.0. The fraction of sp³-hybridized carbons (Fsp3) is 0.857. The van der Waals surface area contributed by atoms with Gasteiger partial charge in [0.1, 0.15) is 6.10 Å². The van der Waals surface area contributed by atoms with Crippen LogP contribution in [0.4, 0.5) is 0 Å². The second kappa shape index (κ2) is 2.42. The van der Waals surface area contributed by atoms with E-state index >= 15 is 0 Å². The van der Waals surface area contributed by atoms with Crippen LogP contribution in [0.1, 0.15) is 20.3 Å². The summed E-state index contributed by atoms with van der Waals surface area (Å²) in [7, 11) is 0. The summed E-state index contributed by atoms with van der Waals surface area (Å²) in [5, 5.41) is 0. The molecule has 1 saturated heterocycles. The first kappa shape index (κ1) is 7.86. The van der Waals surface area contributed by atoms with Crippen molar-refractivity contribution in [3.8, 4) is 0 Å². The van der Waals surface area contributed by atoms with Gasteiger partial charge in [0.05, 0.1) is 11.3 Å². The quantitative estimate of drug-likeness (QED) is 0.432. The number of cyclic esters (lactones) is 1. The molecule has 0 aromatic heterocycles. The Balaban J connectivity index is 2.62. The largest absolute Gasteiger partial charge is 0.461 e. The van der Waals surface area contributed by atoms with Crippen LogP contribution >= 0.6 is 11.6 Å². The highest BCUT2D eigenvalue weighted by atomic mass is 35.5. The summed E-state index contributed by atoms with van der Waals surface area (Å²) in [6.07, 6.45) is 0.680. The number of ether oxygens (including phenoxy) is 1. The smallest absolute Gasteiger partial charge is 0.311 e. The standard InChI is InChI=1S/C7H11ClO2/c1-7(2)3-5(4-8)10-6(7)9/h5H,3-4H2,1-2H3. The van der Waals surface area contributed by atoms with Crippen molar-refractivity contribution in [2.24, 2.45) is 5.41 Å². The molecule has 1 heterocycles. The van der Waals surface area contributed by atoms with Crippen LogP contribution in [0, 0.1) is 5.41 Å². The first-order valence-corrected chi connectivity index (χ1v) is 3.87. The number of alkyl halides is 1. The minimum absolute atomic E-state index is 0.0656. The van der Waals surface area contributed by atoms with Crippen LogP contribution in [0.2, 0.25) is 0 Å². The first-order chi connectivity index (χ1) is 4.56. The van der Waals surface area contributed by atoms with Crippen LogP contribution in [0.15, 0.2) is 0 Å². The van der Waals surface area contributed by atoms with Crippen molar-refractivity contribution in [2.45, 2.75) is 26.4 Å². The van der Waals surface area contributed by atoms with E-state index in [9.17, 15) is 4.79 Å². The summed E-state index contributed by atoms with van der Waals surface area (Å²) in [5.41, 5.74) is -0.320. The zero-order valence-electron chi connectivity index (χ0n) is 6.19. The molecule has 58 valence electrons. The zero-order valence-corrected chi connectivity index (χ0v) is 6.94. The lowest BCUT2D eigenvalue weighted by atomic mass is 9.90. The fourth-order valence-electron chi connectivity index (χ4n) is 1.09. The van der Waals surface area contributed by atoms with Crippen LogP contribution in [-0.2, 0) is 9.53 Å². The van der Waals surface area contributed by atoms with Gasteiger partial charge in [0, 0.05) is 6.42 Å². The van der Waals surface area contributed by atoms with E-state index in [1.165, 1.54) is 0 Å². The molecule has 0 saturated carbocycles. The van der Waals surface area contributed by atoms with Gasteiger partial charge in [-0.25, -0.2) is 0 Å². The molecule has 1 atom stereocenters. The molecule has 1 fully saturated rings. The van der Waals surface area contributed by atoms with Crippen molar-refractivity contribution in [1.82, 2.24) is 0 Å². The van der Waals surface area contributed by atoms with Crippen molar-refractivity contribution in [1.29, 1.82) is 0 Å². The summed E-state index contributed by atoms with van der Waals surface area (Å²) >= 11 is 5.52. The Hall–Kier alpha value is -0.240. The molecule has 1 aliphatic rings. The van der Waals surface area contributed by atoms with Crippen molar-refractivity contribution < 1.29 is 9.53 Å². The molecule has 0 bridgehead atoms. The maximum absolute atomic E-state index is 11.0. The lowest BCUT2D eigenvalue weighted by Gasteiger charge is -2.08. The Morgan fingerprint density at radius 1 is 1.80 bits per heavy atom. The highest BCUT2D eigenvalue weighted by Gasteiger charge is 2.40. The van der Waals surface area contributed by atoms with Gasteiger partial charge in [-0.1, -0.05) is 0 Å². The third kappa shape index (κ3) is 1.26. The topological polar surface area (TPSA) is 26.3 Å². The molecule has 1 aliphatic heterocycles. The monoisotopic (exact) mass is 162 g/mol. The van der Waals surface area contributed by atoms with Crippen LogP contribution in [0.5, 0.6) is 0 Å². The Labute approximate surface area is 65.5 Å². The molecule has 2 nitrogen and oxygen atoms in total. The van der Waals surface area contributed by atoms with E-state index in [2.05, 4.69) is 0 Å². The van der Waals surface area contributed by atoms with Gasteiger partial charge in [-0.05, 0) is 13.8 Å². The average Bonchev–Trinajstić information content (AvgIpc) is 2.08. The van der Waals surface area contributed by atoms with Crippen LogP contribution in [0.3, 0.4) is 0 Å². The van der Waals surface area contributed by atoms with E-state index in [0.717, 1.165) is 6.42 Å². The molecule has 10 heavy (non-hydrogen) atoms. The second-order valence-electron chi connectivity index (χ2n) is 3.27. The van der Waals surface area contributed by atoms with E-state index < -0.39 is 0 Å². The number of halogens is 1. The number of hydrogen-bond donors (Lipinski definition) is 0. The summed E-state index contributed by atoms with van der Waals surface area (Å²) < 4.78 is 4.95. The third-order valence-corrected chi connectivity index (χ3v) is 2.08. The Morgan fingerprint density at radius 2 is 2.40 bits per heavy atom. The molecule has 0 spiro atoms. The Morgan fingerprint density at radius 3 is 2.60 bits per heavy atom. The molecule has 0 aromatic rings. The zero-order chi connectivity index (χ0) is 7.78. The van der Waals surface area contributed by atoms with E-state index in [0.29, 0.717) is 5.88 Å². The summed E-state index contributed by atoms with van der Waals surface area (Å²) in [5.74, 6) is 0.285. The minimum Gasteiger partial charge on any atom is -0.461 e. The molecular formula is C7H11ClO2. The van der Waals surface area contributed by atoms with Crippen LogP contribution in [-0.4, -0.2) is 18.0 Å². The summed E-state index contributed by atoms with van der Waals surface area (Å²) in [4.78, 5) is 11.0. The lowest BCUT2D eigenvalue weighted by Crippen LogP contribution is -2.16. The van der Waals surface area contributed by atoms with Gasteiger partial charge >= 0.3 is 5.97 Å². The average molecular weight is 163 g/mol. The second-order valence-corrected chi connectivity index (χ2v) is 3.58. The number of carbonyl (C=O) groups excluding carboxylic acids is 1. The number of rotatable bonds is 1. The molecule has 0 radical (unpaired) electrons. The highest BCUT2D eigenvalue weighted by Crippen LogP contribution is 2.32.